The molecule has 1 aliphatic carbocycles. The number of benzene rings is 1. The van der Waals surface area contributed by atoms with Crippen LogP contribution in [0.5, 0.6) is 0 Å². The van der Waals surface area contributed by atoms with E-state index in [0.717, 1.165) is 35.9 Å². The van der Waals surface area contributed by atoms with Gasteiger partial charge in [-0.15, -0.1) is 11.3 Å². The summed E-state index contributed by atoms with van der Waals surface area (Å²) in [5.74, 6) is 2.13. The minimum atomic E-state index is -0.239. The van der Waals surface area contributed by atoms with Crippen molar-refractivity contribution in [3.63, 3.8) is 0 Å². The highest BCUT2D eigenvalue weighted by molar-refractivity contribution is 7.99. The molecule has 4 nitrogen and oxygen atoms in total. The highest BCUT2D eigenvalue weighted by atomic mass is 32.2. The molecule has 1 saturated heterocycles. The number of hydrogen-bond donors (Lipinski definition) is 1. The Hall–Kier alpha value is -1.44. The second kappa shape index (κ2) is 9.14. The first kappa shape index (κ1) is 20.8. The van der Waals surface area contributed by atoms with Crippen LogP contribution in [0.1, 0.15) is 51.6 Å². The van der Waals surface area contributed by atoms with E-state index in [1.807, 2.05) is 18.7 Å². The van der Waals surface area contributed by atoms with Crippen LogP contribution in [0.3, 0.4) is 0 Å². The van der Waals surface area contributed by atoms with Gasteiger partial charge in [0.2, 0.25) is 0 Å². The summed E-state index contributed by atoms with van der Waals surface area (Å²) in [4.78, 5) is 20.9. The van der Waals surface area contributed by atoms with Crippen molar-refractivity contribution in [2.24, 2.45) is 0 Å². The fourth-order valence-electron chi connectivity index (χ4n) is 4.52. The number of thioether (sulfide) groups is 1. The van der Waals surface area contributed by atoms with Crippen LogP contribution in [0.2, 0.25) is 0 Å². The first-order valence-corrected chi connectivity index (χ1v) is 12.3. The molecule has 0 spiro atoms. The summed E-state index contributed by atoms with van der Waals surface area (Å²) in [6.45, 7) is 4.87. The third kappa shape index (κ3) is 4.84. The van der Waals surface area contributed by atoms with Crippen LogP contribution in [0.4, 0.5) is 4.39 Å². The summed E-state index contributed by atoms with van der Waals surface area (Å²) >= 11 is 3.48. The fourth-order valence-corrected chi connectivity index (χ4v) is 6.43. The van der Waals surface area contributed by atoms with Gasteiger partial charge in [0, 0.05) is 43.1 Å². The maximum absolute atomic E-state index is 13.1. The molecule has 0 unspecified atom stereocenters. The van der Waals surface area contributed by atoms with Gasteiger partial charge in [0.15, 0.2) is 0 Å². The molecule has 1 N–H and O–H groups in total. The molecule has 0 radical (unpaired) electrons. The SMILES string of the molecule is Cc1nc(Cc2ccc(F)cc2)sc1C(=O)NCC1(N2CCSCC2)CCCC1. The number of amides is 1. The van der Waals surface area contributed by atoms with Crippen molar-refractivity contribution in [2.75, 3.05) is 31.1 Å². The Labute approximate surface area is 180 Å². The van der Waals surface area contributed by atoms with Crippen molar-refractivity contribution in [2.45, 2.75) is 44.6 Å². The minimum absolute atomic E-state index is 0.0111. The van der Waals surface area contributed by atoms with E-state index >= 15 is 0 Å². The average Bonchev–Trinajstić information content (AvgIpc) is 3.36. The lowest BCUT2D eigenvalue weighted by Gasteiger charge is -2.43. The summed E-state index contributed by atoms with van der Waals surface area (Å²) < 4.78 is 13.1. The fraction of sp³-hybridized carbons (Fsp3) is 0.545. The number of aryl methyl sites for hydroxylation is 1. The largest absolute Gasteiger partial charge is 0.349 e. The molecule has 1 aliphatic heterocycles. The van der Waals surface area contributed by atoms with Gasteiger partial charge in [-0.3, -0.25) is 9.69 Å². The van der Waals surface area contributed by atoms with E-state index in [4.69, 9.17) is 0 Å². The van der Waals surface area contributed by atoms with E-state index in [9.17, 15) is 9.18 Å². The van der Waals surface area contributed by atoms with Crippen molar-refractivity contribution >= 4 is 29.0 Å². The first-order chi connectivity index (χ1) is 14.1. The summed E-state index contributed by atoms with van der Waals surface area (Å²) in [5.41, 5.74) is 1.91. The molecule has 7 heteroatoms. The normalized spacial score (nSPS) is 19.4. The van der Waals surface area contributed by atoms with Crippen LogP contribution in [-0.2, 0) is 6.42 Å². The van der Waals surface area contributed by atoms with E-state index in [0.29, 0.717) is 11.3 Å². The molecule has 0 atom stereocenters. The third-order valence-corrected chi connectivity index (χ3v) is 8.21. The molecule has 1 aromatic carbocycles. The third-order valence-electron chi connectivity index (χ3n) is 6.11. The van der Waals surface area contributed by atoms with Gasteiger partial charge in [-0.2, -0.15) is 11.8 Å². The number of carbonyl (C=O) groups excluding carboxylic acids is 1. The minimum Gasteiger partial charge on any atom is -0.349 e. The summed E-state index contributed by atoms with van der Waals surface area (Å²) in [7, 11) is 0. The monoisotopic (exact) mass is 433 g/mol. The topological polar surface area (TPSA) is 45.2 Å². The van der Waals surface area contributed by atoms with Crippen LogP contribution in [0.25, 0.3) is 0 Å². The van der Waals surface area contributed by atoms with Gasteiger partial charge in [-0.25, -0.2) is 9.37 Å². The number of halogens is 1. The standard InChI is InChI=1S/C22H28FN3OS2/c1-16-20(29-19(25-16)14-17-4-6-18(23)7-5-17)21(27)24-15-22(8-2-3-9-22)26-10-12-28-13-11-26/h4-7H,2-3,8-15H2,1H3,(H,24,27). The lowest BCUT2D eigenvalue weighted by atomic mass is 9.94. The molecule has 1 amide bonds. The van der Waals surface area contributed by atoms with Gasteiger partial charge in [-0.05, 0) is 37.5 Å². The Kier molecular flexibility index (Phi) is 6.56. The second-order valence-corrected chi connectivity index (χ2v) is 10.3. The number of nitrogens with one attached hydrogen (secondary N) is 1. The van der Waals surface area contributed by atoms with Crippen molar-refractivity contribution in [3.8, 4) is 0 Å². The van der Waals surface area contributed by atoms with E-state index in [1.165, 1.54) is 60.7 Å². The summed E-state index contributed by atoms with van der Waals surface area (Å²) in [6, 6.07) is 6.46. The number of carbonyl (C=O) groups is 1. The van der Waals surface area contributed by atoms with Gasteiger partial charge in [0.25, 0.3) is 5.91 Å². The van der Waals surface area contributed by atoms with E-state index in [2.05, 4.69) is 15.2 Å². The van der Waals surface area contributed by atoms with Crippen LogP contribution in [-0.4, -0.2) is 52.5 Å². The molecule has 29 heavy (non-hydrogen) atoms. The highest BCUT2D eigenvalue weighted by Crippen LogP contribution is 2.36. The number of aromatic nitrogens is 1. The molecular weight excluding hydrogens is 405 g/mol. The van der Waals surface area contributed by atoms with Gasteiger partial charge in [0.1, 0.15) is 10.7 Å². The number of hydrogen-bond acceptors (Lipinski definition) is 5. The Morgan fingerprint density at radius 1 is 1.21 bits per heavy atom. The zero-order valence-electron chi connectivity index (χ0n) is 16.9. The molecule has 1 saturated carbocycles. The lowest BCUT2D eigenvalue weighted by Crippen LogP contribution is -2.56. The molecule has 2 aliphatic rings. The van der Waals surface area contributed by atoms with E-state index < -0.39 is 0 Å². The summed E-state index contributed by atoms with van der Waals surface area (Å²) in [6.07, 6.45) is 5.47. The predicted octanol–water partition coefficient (Wildman–Crippen LogP) is 4.27. The second-order valence-electron chi connectivity index (χ2n) is 8.04. The first-order valence-electron chi connectivity index (χ1n) is 10.4. The van der Waals surface area contributed by atoms with Gasteiger partial charge in [-0.1, -0.05) is 25.0 Å². The molecule has 1 aromatic heterocycles. The van der Waals surface area contributed by atoms with Crippen molar-refractivity contribution in [3.05, 3.63) is 51.2 Å². The number of nitrogens with zero attached hydrogens (tertiary/aromatic N) is 2. The Balaban J connectivity index is 1.41. The van der Waals surface area contributed by atoms with Crippen molar-refractivity contribution in [1.29, 1.82) is 0 Å². The van der Waals surface area contributed by atoms with Crippen LogP contribution >= 0.6 is 23.1 Å². The Morgan fingerprint density at radius 2 is 1.90 bits per heavy atom. The molecule has 0 bridgehead atoms. The number of thiazole rings is 1. The summed E-state index contributed by atoms with van der Waals surface area (Å²) in [5, 5.41) is 4.13. The van der Waals surface area contributed by atoms with Gasteiger partial charge in [0.05, 0.1) is 10.7 Å². The molecule has 2 heterocycles. The zero-order valence-corrected chi connectivity index (χ0v) is 18.5. The maximum atomic E-state index is 13.1. The molecular formula is C22H28FN3OS2. The van der Waals surface area contributed by atoms with Crippen molar-refractivity contribution < 1.29 is 9.18 Å². The highest BCUT2D eigenvalue weighted by Gasteiger charge is 2.40. The van der Waals surface area contributed by atoms with Crippen LogP contribution in [0, 0.1) is 12.7 Å². The number of rotatable bonds is 6. The van der Waals surface area contributed by atoms with E-state index in [1.54, 1.807) is 12.1 Å². The van der Waals surface area contributed by atoms with Gasteiger partial charge < -0.3 is 5.32 Å². The van der Waals surface area contributed by atoms with Crippen molar-refractivity contribution in [1.82, 2.24) is 15.2 Å². The van der Waals surface area contributed by atoms with Crippen LogP contribution in [0.15, 0.2) is 24.3 Å². The van der Waals surface area contributed by atoms with Gasteiger partial charge >= 0.3 is 0 Å². The van der Waals surface area contributed by atoms with E-state index in [-0.39, 0.29) is 17.3 Å². The molecule has 2 fully saturated rings. The molecule has 2 aromatic rings. The lowest BCUT2D eigenvalue weighted by molar-refractivity contribution is 0.0820. The molecule has 4 rings (SSSR count). The zero-order chi connectivity index (χ0) is 20.3. The predicted molar refractivity (Wildman–Crippen MR) is 118 cm³/mol. The average molecular weight is 434 g/mol. The Bertz CT molecular complexity index is 840. The molecule has 156 valence electrons. The smallest absolute Gasteiger partial charge is 0.263 e. The quantitative estimate of drug-likeness (QED) is 0.739. The van der Waals surface area contributed by atoms with Crippen LogP contribution < -0.4 is 5.32 Å². The Morgan fingerprint density at radius 3 is 2.59 bits per heavy atom. The maximum Gasteiger partial charge on any atom is 0.263 e.